The molecule has 0 bridgehead atoms. The lowest BCUT2D eigenvalue weighted by Gasteiger charge is -2.29. The second-order valence-electron chi connectivity index (χ2n) is 11.1. The third-order valence-corrected chi connectivity index (χ3v) is 8.50. The molecule has 3 aliphatic rings. The number of rotatable bonds is 8. The summed E-state index contributed by atoms with van der Waals surface area (Å²) in [6.45, 7) is 4.29. The van der Waals surface area contributed by atoms with Crippen LogP contribution in [0.1, 0.15) is 54.2 Å². The highest BCUT2D eigenvalue weighted by Gasteiger charge is 2.44. The van der Waals surface area contributed by atoms with Crippen molar-refractivity contribution in [3.05, 3.63) is 76.7 Å². The van der Waals surface area contributed by atoms with Crippen molar-refractivity contribution >= 4 is 5.97 Å². The van der Waals surface area contributed by atoms with Crippen molar-refractivity contribution in [2.45, 2.75) is 44.9 Å². The number of pyridine rings is 1. The number of hydrogen-bond acceptors (Lipinski definition) is 7. The normalized spacial score (nSPS) is 23.3. The number of aromatic nitrogens is 1. The van der Waals surface area contributed by atoms with Gasteiger partial charge in [-0.05, 0) is 65.0 Å². The lowest BCUT2D eigenvalue weighted by Crippen LogP contribution is -2.33. The fraction of sp³-hybridized carbons (Fsp3) is 0.419. The first-order valence-corrected chi connectivity index (χ1v) is 13.5. The van der Waals surface area contributed by atoms with Crippen molar-refractivity contribution in [3.8, 4) is 22.8 Å². The molecular weight excluding hydrogens is 499 g/mol. The Balaban J connectivity index is 1.31. The first kappa shape index (κ1) is 25.8. The van der Waals surface area contributed by atoms with E-state index in [1.807, 2.05) is 18.2 Å². The number of piperidine rings is 1. The summed E-state index contributed by atoms with van der Waals surface area (Å²) >= 11 is 0. The van der Waals surface area contributed by atoms with Crippen LogP contribution in [-0.2, 0) is 17.8 Å². The molecule has 1 saturated heterocycles. The molecule has 7 nitrogen and oxygen atoms in total. The van der Waals surface area contributed by atoms with Crippen LogP contribution >= 0.6 is 0 Å². The van der Waals surface area contributed by atoms with Gasteiger partial charge in [0.2, 0.25) is 5.88 Å². The molecule has 1 N–H and O–H groups in total. The minimum absolute atomic E-state index is 0.222. The van der Waals surface area contributed by atoms with Crippen LogP contribution in [0.3, 0.4) is 0 Å². The summed E-state index contributed by atoms with van der Waals surface area (Å²) in [4.78, 5) is 17.7. The van der Waals surface area contributed by atoms with Crippen LogP contribution in [0.25, 0.3) is 11.1 Å². The van der Waals surface area contributed by atoms with E-state index in [-0.39, 0.29) is 6.10 Å². The first-order valence-electron chi connectivity index (χ1n) is 13.5. The van der Waals surface area contributed by atoms with Gasteiger partial charge in [-0.15, -0.1) is 0 Å². The van der Waals surface area contributed by atoms with Gasteiger partial charge in [-0.2, -0.15) is 0 Å². The van der Waals surface area contributed by atoms with E-state index in [4.69, 9.17) is 9.47 Å². The molecule has 2 aliphatic heterocycles. The predicted molar refractivity (Wildman–Crippen MR) is 140 cm³/mol. The average Bonchev–Trinajstić information content (AvgIpc) is 3.56. The number of aliphatic hydroxyl groups is 1. The van der Waals surface area contributed by atoms with Gasteiger partial charge in [-0.3, -0.25) is 4.90 Å². The lowest BCUT2D eigenvalue weighted by atomic mass is 9.91. The lowest BCUT2D eigenvalue weighted by molar-refractivity contribution is -0.313. The molecule has 1 saturated carbocycles. The van der Waals surface area contributed by atoms with Crippen molar-refractivity contribution in [2.24, 2.45) is 17.8 Å². The van der Waals surface area contributed by atoms with E-state index < -0.39 is 23.8 Å². The van der Waals surface area contributed by atoms with Gasteiger partial charge in [0.1, 0.15) is 17.7 Å². The number of carboxylic acid groups (broad SMARTS) is 1. The number of benzene rings is 2. The molecule has 1 aromatic heterocycles. The second kappa shape index (κ2) is 10.2. The maximum atomic E-state index is 15.0. The number of fused-ring (bicyclic) bond motifs is 2. The van der Waals surface area contributed by atoms with E-state index >= 15 is 0 Å². The molecule has 2 aromatic carbocycles. The SMILES string of the molecule is COc1cc(-c2ccc(C3CCc4ccc([C@H](O)[C@H](C)C(=O)[O-])cc4O3)cc2CN2CC3CC3C2)c(F)cn1. The number of ether oxygens (including phenoxy) is 2. The van der Waals surface area contributed by atoms with Crippen LogP contribution in [0.15, 0.2) is 48.7 Å². The molecule has 8 heteroatoms. The van der Waals surface area contributed by atoms with Crippen LogP contribution < -0.4 is 14.6 Å². The first-order chi connectivity index (χ1) is 18.8. The maximum Gasteiger partial charge on any atom is 0.213 e. The van der Waals surface area contributed by atoms with Gasteiger partial charge in [0.15, 0.2) is 0 Å². The number of carboxylic acids is 1. The molecule has 204 valence electrons. The van der Waals surface area contributed by atoms with E-state index in [0.717, 1.165) is 66.6 Å². The standard InChI is InChI=1S/C31H33FN2O5/c1-17(31(36)37)30(35)20-4-3-18-6-8-27(39-28(18)11-20)19-5-7-24(25-12-29(38-2)33-13-26(25)32)23(9-19)16-34-14-21-10-22(21)15-34/h3-5,7,9,11-13,17,21-22,27,30,35H,6,8,10,14-16H2,1-2H3,(H,36,37)/p-1/t17-,21?,22?,27?,30+/m0/s1. The minimum atomic E-state index is -1.30. The Bertz CT molecular complexity index is 1400. The van der Waals surface area contributed by atoms with E-state index in [2.05, 4.69) is 16.0 Å². The third-order valence-electron chi connectivity index (χ3n) is 8.50. The molecule has 0 spiro atoms. The molecule has 6 rings (SSSR count). The summed E-state index contributed by atoms with van der Waals surface area (Å²) in [6.07, 6.45) is 2.66. The van der Waals surface area contributed by atoms with Crippen molar-refractivity contribution in [1.82, 2.24) is 9.88 Å². The number of halogens is 1. The van der Waals surface area contributed by atoms with Gasteiger partial charge in [0.05, 0.1) is 19.4 Å². The van der Waals surface area contributed by atoms with E-state index in [1.54, 1.807) is 18.2 Å². The van der Waals surface area contributed by atoms with Gasteiger partial charge >= 0.3 is 0 Å². The molecule has 3 unspecified atom stereocenters. The predicted octanol–water partition coefficient (Wildman–Crippen LogP) is 3.83. The van der Waals surface area contributed by atoms with Crippen molar-refractivity contribution in [2.75, 3.05) is 20.2 Å². The Morgan fingerprint density at radius 1 is 1.21 bits per heavy atom. The Labute approximate surface area is 227 Å². The highest BCUT2D eigenvalue weighted by molar-refractivity contribution is 5.69. The van der Waals surface area contributed by atoms with E-state index in [0.29, 0.717) is 22.8 Å². The van der Waals surface area contributed by atoms with E-state index in [1.165, 1.54) is 26.7 Å². The fourth-order valence-electron chi connectivity index (χ4n) is 6.03. The summed E-state index contributed by atoms with van der Waals surface area (Å²) in [5.74, 6) is -0.153. The monoisotopic (exact) mass is 531 g/mol. The van der Waals surface area contributed by atoms with Crippen LogP contribution in [0.4, 0.5) is 4.39 Å². The van der Waals surface area contributed by atoms with Gasteiger partial charge in [-0.25, -0.2) is 9.37 Å². The smallest absolute Gasteiger partial charge is 0.213 e. The molecule has 0 amide bonds. The van der Waals surface area contributed by atoms with Crippen LogP contribution in [0.5, 0.6) is 11.6 Å². The van der Waals surface area contributed by atoms with Crippen molar-refractivity contribution in [1.29, 1.82) is 0 Å². The Morgan fingerprint density at radius 2 is 2.00 bits per heavy atom. The minimum Gasteiger partial charge on any atom is -0.550 e. The van der Waals surface area contributed by atoms with Crippen molar-refractivity contribution < 1.29 is 28.9 Å². The number of carbonyl (C=O) groups is 1. The Kier molecular flexibility index (Phi) is 6.77. The quantitative estimate of drug-likeness (QED) is 0.472. The molecule has 1 aliphatic carbocycles. The topological polar surface area (TPSA) is 95.0 Å². The fourth-order valence-corrected chi connectivity index (χ4v) is 6.03. The maximum absolute atomic E-state index is 15.0. The molecule has 2 fully saturated rings. The average molecular weight is 532 g/mol. The molecule has 3 aromatic rings. The summed E-state index contributed by atoms with van der Waals surface area (Å²) in [5, 5.41) is 21.8. The van der Waals surface area contributed by atoms with Crippen LogP contribution in [0.2, 0.25) is 0 Å². The van der Waals surface area contributed by atoms with Gasteiger partial charge < -0.3 is 24.5 Å². The number of hydrogen-bond donors (Lipinski definition) is 1. The second-order valence-corrected chi connectivity index (χ2v) is 11.1. The zero-order chi connectivity index (χ0) is 27.3. The number of aliphatic hydroxyl groups excluding tert-OH is 1. The van der Waals surface area contributed by atoms with Crippen LogP contribution in [-0.4, -0.2) is 41.2 Å². The zero-order valence-electron chi connectivity index (χ0n) is 22.1. The number of methoxy groups -OCH3 is 1. The summed E-state index contributed by atoms with van der Waals surface area (Å²) in [7, 11) is 1.52. The Hall–Kier alpha value is -3.49. The van der Waals surface area contributed by atoms with Crippen LogP contribution in [0, 0.1) is 23.6 Å². The zero-order valence-corrected chi connectivity index (χ0v) is 22.1. The molecular formula is C31H32FN2O5-. The van der Waals surface area contributed by atoms with Gasteiger partial charge in [0, 0.05) is 43.2 Å². The summed E-state index contributed by atoms with van der Waals surface area (Å²) < 4.78 is 26.6. The Morgan fingerprint density at radius 3 is 2.74 bits per heavy atom. The molecule has 0 radical (unpaired) electrons. The number of carbonyl (C=O) groups excluding carboxylic acids is 1. The highest BCUT2D eigenvalue weighted by atomic mass is 19.1. The number of aliphatic carboxylic acids is 1. The number of nitrogens with zero attached hydrogens (tertiary/aromatic N) is 2. The molecule has 5 atom stereocenters. The number of aryl methyl sites for hydroxylation is 1. The van der Waals surface area contributed by atoms with Gasteiger partial charge in [-0.1, -0.05) is 37.3 Å². The van der Waals surface area contributed by atoms with Crippen molar-refractivity contribution in [3.63, 3.8) is 0 Å². The third kappa shape index (κ3) is 5.11. The largest absolute Gasteiger partial charge is 0.550 e. The highest BCUT2D eigenvalue weighted by Crippen LogP contribution is 2.46. The summed E-state index contributed by atoms with van der Waals surface area (Å²) in [5.41, 5.74) is 4.81. The summed E-state index contributed by atoms with van der Waals surface area (Å²) in [6, 6.07) is 13.1. The van der Waals surface area contributed by atoms with E-state index in [9.17, 15) is 19.4 Å². The van der Waals surface area contributed by atoms with Gasteiger partial charge in [0.25, 0.3) is 0 Å². The molecule has 39 heavy (non-hydrogen) atoms. The number of likely N-dealkylation sites (tertiary alicyclic amines) is 1. The molecule has 3 heterocycles.